The zero-order chi connectivity index (χ0) is 20.4. The van der Waals surface area contributed by atoms with Gasteiger partial charge in [-0.1, -0.05) is 17.4 Å². The number of thiazole rings is 1. The average molecular weight is 411 g/mol. The Morgan fingerprint density at radius 2 is 2.17 bits per heavy atom. The molecule has 0 amide bonds. The Labute approximate surface area is 172 Å². The molecular formula is C20H22N6O2S. The molecule has 1 saturated heterocycles. The first-order valence-corrected chi connectivity index (χ1v) is 10.1. The van der Waals surface area contributed by atoms with Crippen LogP contribution in [0.3, 0.4) is 0 Å². The van der Waals surface area contributed by atoms with Crippen LogP contribution in [0, 0.1) is 6.92 Å². The van der Waals surface area contributed by atoms with Crippen LogP contribution in [0.2, 0.25) is 0 Å². The molecule has 3 aromatic rings. The summed E-state index contributed by atoms with van der Waals surface area (Å²) in [6.07, 6.45) is 4.13. The summed E-state index contributed by atoms with van der Waals surface area (Å²) >= 11 is 1.54. The first kappa shape index (κ1) is 19.3. The van der Waals surface area contributed by atoms with Crippen molar-refractivity contribution in [2.75, 3.05) is 23.8 Å². The van der Waals surface area contributed by atoms with Crippen molar-refractivity contribution < 1.29 is 9.90 Å². The summed E-state index contributed by atoms with van der Waals surface area (Å²) < 4.78 is 0. The predicted molar refractivity (Wildman–Crippen MR) is 114 cm³/mol. The van der Waals surface area contributed by atoms with Crippen LogP contribution in [0.25, 0.3) is 10.6 Å². The van der Waals surface area contributed by atoms with Crippen molar-refractivity contribution >= 4 is 34.1 Å². The van der Waals surface area contributed by atoms with Gasteiger partial charge < -0.3 is 20.6 Å². The number of nitrogens with one attached hydrogen (secondary N) is 2. The summed E-state index contributed by atoms with van der Waals surface area (Å²) in [7, 11) is 1.95. The Morgan fingerprint density at radius 1 is 1.31 bits per heavy atom. The number of hydrogen-bond acceptors (Lipinski definition) is 8. The second kappa shape index (κ2) is 8.14. The van der Waals surface area contributed by atoms with Gasteiger partial charge in [-0.05, 0) is 43.2 Å². The van der Waals surface area contributed by atoms with E-state index >= 15 is 0 Å². The van der Waals surface area contributed by atoms with Crippen LogP contribution in [-0.4, -0.2) is 51.7 Å². The van der Waals surface area contributed by atoms with Crippen molar-refractivity contribution in [3.8, 4) is 10.6 Å². The zero-order valence-electron chi connectivity index (χ0n) is 16.2. The number of rotatable bonds is 6. The third-order valence-electron chi connectivity index (χ3n) is 4.92. The number of likely N-dealkylation sites (N-methyl/N-ethyl adjacent to an activating group) is 1. The van der Waals surface area contributed by atoms with Crippen molar-refractivity contribution in [2.24, 2.45) is 0 Å². The van der Waals surface area contributed by atoms with E-state index in [0.717, 1.165) is 27.1 Å². The number of anilines is 3. The molecule has 150 valence electrons. The number of hydrogen-bond donors (Lipinski definition) is 3. The molecule has 0 aromatic carbocycles. The third-order valence-corrected chi connectivity index (χ3v) is 6.03. The van der Waals surface area contributed by atoms with Gasteiger partial charge in [0, 0.05) is 32.0 Å². The topological polar surface area (TPSA) is 103 Å². The SMILES string of the molecule is Cc1ccnc(Nc2cccc(-c3cnc(N(C)[C@H]4CN[C@H](C(=O)O)C4)s3)n2)c1. The lowest BCUT2D eigenvalue weighted by Crippen LogP contribution is -2.33. The number of carboxylic acid groups (broad SMARTS) is 1. The molecule has 4 heterocycles. The van der Waals surface area contributed by atoms with Crippen LogP contribution in [0.15, 0.2) is 42.7 Å². The fourth-order valence-electron chi connectivity index (χ4n) is 3.28. The number of aromatic nitrogens is 3. The van der Waals surface area contributed by atoms with Crippen LogP contribution in [0.1, 0.15) is 12.0 Å². The highest BCUT2D eigenvalue weighted by atomic mass is 32.1. The molecule has 29 heavy (non-hydrogen) atoms. The average Bonchev–Trinajstić information content (AvgIpc) is 3.38. The van der Waals surface area contributed by atoms with Gasteiger partial charge in [-0.25, -0.2) is 15.0 Å². The van der Waals surface area contributed by atoms with Crippen LogP contribution in [-0.2, 0) is 4.79 Å². The van der Waals surface area contributed by atoms with Gasteiger partial charge in [0.2, 0.25) is 0 Å². The molecule has 0 saturated carbocycles. The maximum atomic E-state index is 11.2. The molecule has 3 N–H and O–H groups in total. The highest BCUT2D eigenvalue weighted by molar-refractivity contribution is 7.18. The third kappa shape index (κ3) is 4.36. The first-order valence-electron chi connectivity index (χ1n) is 9.31. The summed E-state index contributed by atoms with van der Waals surface area (Å²) in [5.41, 5.74) is 1.95. The van der Waals surface area contributed by atoms with E-state index in [-0.39, 0.29) is 6.04 Å². The Kier molecular flexibility index (Phi) is 5.41. The summed E-state index contributed by atoms with van der Waals surface area (Å²) in [5, 5.41) is 16.3. The molecule has 2 atom stereocenters. The molecule has 1 aliphatic heterocycles. The molecule has 0 bridgehead atoms. The first-order chi connectivity index (χ1) is 14.0. The van der Waals surface area contributed by atoms with Crippen LogP contribution < -0.4 is 15.5 Å². The summed E-state index contributed by atoms with van der Waals surface area (Å²) in [4.78, 5) is 27.7. The number of aliphatic carboxylic acids is 1. The molecule has 1 fully saturated rings. The van der Waals surface area contributed by atoms with Crippen molar-refractivity contribution in [2.45, 2.75) is 25.4 Å². The molecule has 3 aromatic heterocycles. The number of nitrogens with zero attached hydrogens (tertiary/aromatic N) is 4. The van der Waals surface area contributed by atoms with Gasteiger partial charge in [0.25, 0.3) is 0 Å². The maximum absolute atomic E-state index is 11.2. The summed E-state index contributed by atoms with van der Waals surface area (Å²) in [6.45, 7) is 2.65. The highest BCUT2D eigenvalue weighted by Gasteiger charge is 2.32. The second-order valence-corrected chi connectivity index (χ2v) is 8.07. The number of carbonyl (C=O) groups is 1. The van der Waals surface area contributed by atoms with E-state index in [1.807, 2.05) is 55.4 Å². The molecule has 0 spiro atoms. The predicted octanol–water partition coefficient (Wildman–Crippen LogP) is 2.90. The molecular weight excluding hydrogens is 388 g/mol. The van der Waals surface area contributed by atoms with Crippen LogP contribution in [0.5, 0.6) is 0 Å². The van der Waals surface area contributed by atoms with Crippen LogP contribution >= 0.6 is 11.3 Å². The van der Waals surface area contributed by atoms with Crippen molar-refractivity contribution in [1.82, 2.24) is 20.3 Å². The minimum Gasteiger partial charge on any atom is -0.480 e. The lowest BCUT2D eigenvalue weighted by molar-refractivity contribution is -0.139. The van der Waals surface area contributed by atoms with E-state index in [1.165, 1.54) is 0 Å². The standard InChI is InChI=1S/C20H22N6O2S/c1-12-6-7-21-18(8-12)25-17-5-3-4-14(24-17)16-11-23-20(29-16)26(2)13-9-15(19(27)28)22-10-13/h3-8,11,13,15,22H,9-10H2,1-2H3,(H,27,28)(H,21,24,25)/t13-,15+/m1/s1. The van der Waals surface area contributed by atoms with Crippen molar-refractivity contribution in [3.63, 3.8) is 0 Å². The molecule has 8 nitrogen and oxygen atoms in total. The maximum Gasteiger partial charge on any atom is 0.320 e. The van der Waals surface area contributed by atoms with E-state index in [2.05, 4.69) is 25.6 Å². The monoisotopic (exact) mass is 410 g/mol. The quantitative estimate of drug-likeness (QED) is 0.570. The van der Waals surface area contributed by atoms with Crippen LogP contribution in [0.4, 0.5) is 16.8 Å². The molecule has 0 unspecified atom stereocenters. The van der Waals surface area contributed by atoms with E-state index in [4.69, 9.17) is 0 Å². The van der Waals surface area contributed by atoms with Gasteiger partial charge in [-0.15, -0.1) is 0 Å². The lowest BCUT2D eigenvalue weighted by Gasteiger charge is -2.22. The lowest BCUT2D eigenvalue weighted by atomic mass is 10.1. The van der Waals surface area contributed by atoms with Crippen molar-refractivity contribution in [1.29, 1.82) is 0 Å². The van der Waals surface area contributed by atoms with Gasteiger partial charge in [-0.2, -0.15) is 0 Å². The largest absolute Gasteiger partial charge is 0.480 e. The highest BCUT2D eigenvalue weighted by Crippen LogP contribution is 2.32. The van der Waals surface area contributed by atoms with E-state index < -0.39 is 12.0 Å². The molecule has 9 heteroatoms. The van der Waals surface area contributed by atoms with E-state index in [1.54, 1.807) is 17.5 Å². The number of aryl methyl sites for hydroxylation is 1. The Morgan fingerprint density at radius 3 is 2.93 bits per heavy atom. The molecule has 0 aliphatic carbocycles. The molecule has 4 rings (SSSR count). The Bertz CT molecular complexity index is 1020. The van der Waals surface area contributed by atoms with E-state index in [9.17, 15) is 9.90 Å². The van der Waals surface area contributed by atoms with E-state index in [0.29, 0.717) is 18.8 Å². The number of carboxylic acids is 1. The summed E-state index contributed by atoms with van der Waals surface area (Å²) in [6, 6.07) is 9.31. The minimum atomic E-state index is -0.808. The molecule has 1 aliphatic rings. The van der Waals surface area contributed by atoms with Gasteiger partial charge in [0.15, 0.2) is 5.13 Å². The van der Waals surface area contributed by atoms with Gasteiger partial charge in [-0.3, -0.25) is 4.79 Å². The van der Waals surface area contributed by atoms with Gasteiger partial charge >= 0.3 is 5.97 Å². The second-order valence-electron chi connectivity index (χ2n) is 7.06. The Hall–Kier alpha value is -3.04. The summed E-state index contributed by atoms with van der Waals surface area (Å²) in [5.74, 6) is 0.659. The fourth-order valence-corrected chi connectivity index (χ4v) is 4.20. The van der Waals surface area contributed by atoms with Gasteiger partial charge in [0.05, 0.1) is 10.6 Å². The number of pyridine rings is 2. The Balaban J connectivity index is 1.49. The molecule has 0 radical (unpaired) electrons. The fraction of sp³-hybridized carbons (Fsp3) is 0.300. The van der Waals surface area contributed by atoms with Crippen molar-refractivity contribution in [3.05, 3.63) is 48.3 Å². The van der Waals surface area contributed by atoms with Gasteiger partial charge in [0.1, 0.15) is 17.7 Å². The normalized spacial score (nSPS) is 18.6. The zero-order valence-corrected chi connectivity index (χ0v) is 17.0. The smallest absolute Gasteiger partial charge is 0.320 e. The minimum absolute atomic E-state index is 0.100.